The lowest BCUT2D eigenvalue weighted by Crippen LogP contribution is -1.92. The molecule has 3 heterocycles. The quantitative estimate of drug-likeness (QED) is 0.206. The Balaban J connectivity index is 1.20. The van der Waals surface area contributed by atoms with Crippen LogP contribution in [0.1, 0.15) is 0 Å². The summed E-state index contributed by atoms with van der Waals surface area (Å²) in [6, 6.07) is 53.6. The second kappa shape index (κ2) is 10.8. The van der Waals surface area contributed by atoms with Gasteiger partial charge in [0.2, 0.25) is 0 Å². The number of hydrogen-bond donors (Lipinski definition) is 0. The zero-order chi connectivity index (χ0) is 30.5. The first kappa shape index (κ1) is 26.2. The van der Waals surface area contributed by atoms with Gasteiger partial charge in [-0.2, -0.15) is 0 Å². The average molecular weight is 586 g/mol. The standard InChI is InChI=1S/C43H27N3/c1-3-9-30-21-32(15-13-28(30)7-1)33-17-20-42-39(24-33)38(25-43(46-42)35-16-14-29-8-2-4-10-31(29)22-35)36-18-19-41(44-26-36)37-23-34-11-5-6-12-40(34)45-27-37/h1-27H. The summed E-state index contributed by atoms with van der Waals surface area (Å²) in [5.74, 6) is 0. The molecule has 9 aromatic rings. The highest BCUT2D eigenvalue weighted by Gasteiger charge is 2.13. The molecule has 0 amide bonds. The molecule has 0 unspecified atom stereocenters. The summed E-state index contributed by atoms with van der Waals surface area (Å²) >= 11 is 0. The second-order valence-corrected chi connectivity index (χ2v) is 11.8. The van der Waals surface area contributed by atoms with Crippen LogP contribution in [0.2, 0.25) is 0 Å². The molecule has 0 aliphatic heterocycles. The number of para-hydroxylation sites is 1. The number of benzene rings is 6. The Hall–Kier alpha value is -6.19. The monoisotopic (exact) mass is 585 g/mol. The number of hydrogen-bond acceptors (Lipinski definition) is 3. The maximum atomic E-state index is 5.19. The van der Waals surface area contributed by atoms with Gasteiger partial charge in [-0.15, -0.1) is 0 Å². The van der Waals surface area contributed by atoms with Crippen LogP contribution in [0.3, 0.4) is 0 Å². The van der Waals surface area contributed by atoms with E-state index in [9.17, 15) is 0 Å². The summed E-state index contributed by atoms with van der Waals surface area (Å²) in [5.41, 5.74) is 10.3. The van der Waals surface area contributed by atoms with Gasteiger partial charge < -0.3 is 0 Å². The number of nitrogens with zero attached hydrogens (tertiary/aromatic N) is 3. The predicted octanol–water partition coefficient (Wildman–Crippen LogP) is 11.2. The molecule has 46 heavy (non-hydrogen) atoms. The highest BCUT2D eigenvalue weighted by molar-refractivity contribution is 6.00. The molecule has 6 aromatic carbocycles. The lowest BCUT2D eigenvalue weighted by atomic mass is 9.94. The molecule has 0 saturated carbocycles. The van der Waals surface area contributed by atoms with Gasteiger partial charge in [0.15, 0.2) is 0 Å². The average Bonchev–Trinajstić information content (AvgIpc) is 3.13. The van der Waals surface area contributed by atoms with E-state index in [2.05, 4.69) is 138 Å². The van der Waals surface area contributed by atoms with E-state index in [1.165, 1.54) is 27.1 Å². The van der Waals surface area contributed by atoms with Crippen LogP contribution < -0.4 is 0 Å². The molecule has 3 nitrogen and oxygen atoms in total. The highest BCUT2D eigenvalue weighted by atomic mass is 14.7. The Bertz CT molecular complexity index is 2590. The maximum absolute atomic E-state index is 5.19. The van der Waals surface area contributed by atoms with Crippen LogP contribution in [0.15, 0.2) is 164 Å². The van der Waals surface area contributed by atoms with Crippen molar-refractivity contribution in [2.24, 2.45) is 0 Å². The molecule has 0 bridgehead atoms. The summed E-state index contributed by atoms with van der Waals surface area (Å²) in [4.78, 5) is 14.8. The Kier molecular flexibility index (Phi) is 6.14. The fraction of sp³-hybridized carbons (Fsp3) is 0. The third kappa shape index (κ3) is 4.66. The number of fused-ring (bicyclic) bond motifs is 4. The van der Waals surface area contributed by atoms with Gasteiger partial charge in [-0.05, 0) is 86.8 Å². The maximum Gasteiger partial charge on any atom is 0.0718 e. The van der Waals surface area contributed by atoms with E-state index in [1.54, 1.807) is 0 Å². The molecule has 0 N–H and O–H groups in total. The number of pyridine rings is 3. The zero-order valence-electron chi connectivity index (χ0n) is 24.9. The fourth-order valence-electron chi connectivity index (χ4n) is 6.44. The molecule has 0 spiro atoms. The summed E-state index contributed by atoms with van der Waals surface area (Å²) < 4.78 is 0. The molecule has 0 fully saturated rings. The minimum absolute atomic E-state index is 0.895. The van der Waals surface area contributed by atoms with E-state index in [0.29, 0.717) is 0 Å². The molecular weight excluding hydrogens is 558 g/mol. The van der Waals surface area contributed by atoms with E-state index < -0.39 is 0 Å². The summed E-state index contributed by atoms with van der Waals surface area (Å²) in [6.45, 7) is 0. The van der Waals surface area contributed by atoms with Crippen LogP contribution in [-0.2, 0) is 0 Å². The van der Waals surface area contributed by atoms with Gasteiger partial charge >= 0.3 is 0 Å². The molecular formula is C43H27N3. The van der Waals surface area contributed by atoms with Gasteiger partial charge in [-0.1, -0.05) is 103 Å². The van der Waals surface area contributed by atoms with Crippen molar-refractivity contribution in [3.05, 3.63) is 164 Å². The van der Waals surface area contributed by atoms with Crippen LogP contribution in [-0.4, -0.2) is 15.0 Å². The van der Waals surface area contributed by atoms with Gasteiger partial charge in [-0.3, -0.25) is 9.97 Å². The molecule has 0 atom stereocenters. The SMILES string of the molecule is c1ccc2cc(-c3ccc4nc(-c5ccc6ccccc6c5)cc(-c5ccc(-c6cnc7ccccc7c6)nc5)c4c3)ccc2c1. The van der Waals surface area contributed by atoms with E-state index in [1.807, 2.05) is 30.6 Å². The minimum Gasteiger partial charge on any atom is -0.256 e. The van der Waals surface area contributed by atoms with E-state index >= 15 is 0 Å². The van der Waals surface area contributed by atoms with Crippen molar-refractivity contribution >= 4 is 43.4 Å². The lowest BCUT2D eigenvalue weighted by Gasteiger charge is -2.13. The van der Waals surface area contributed by atoms with Crippen molar-refractivity contribution in [2.75, 3.05) is 0 Å². The molecule has 3 aromatic heterocycles. The van der Waals surface area contributed by atoms with Crippen molar-refractivity contribution in [1.82, 2.24) is 15.0 Å². The molecule has 0 aliphatic rings. The van der Waals surface area contributed by atoms with Crippen LogP contribution >= 0.6 is 0 Å². The summed E-state index contributed by atoms with van der Waals surface area (Å²) in [5, 5.41) is 7.08. The van der Waals surface area contributed by atoms with E-state index in [-0.39, 0.29) is 0 Å². The third-order valence-corrected chi connectivity index (χ3v) is 8.90. The van der Waals surface area contributed by atoms with Gasteiger partial charge in [0.1, 0.15) is 0 Å². The van der Waals surface area contributed by atoms with E-state index in [4.69, 9.17) is 9.97 Å². The first-order valence-corrected chi connectivity index (χ1v) is 15.5. The molecule has 0 saturated heterocycles. The topological polar surface area (TPSA) is 38.7 Å². The van der Waals surface area contributed by atoms with Crippen molar-refractivity contribution in [1.29, 1.82) is 0 Å². The minimum atomic E-state index is 0.895. The molecule has 0 radical (unpaired) electrons. The van der Waals surface area contributed by atoms with E-state index in [0.717, 1.165) is 61.0 Å². The smallest absolute Gasteiger partial charge is 0.0718 e. The Morgan fingerprint density at radius 3 is 1.67 bits per heavy atom. The molecule has 0 aliphatic carbocycles. The predicted molar refractivity (Wildman–Crippen MR) is 192 cm³/mol. The van der Waals surface area contributed by atoms with Gasteiger partial charge in [0, 0.05) is 39.9 Å². The van der Waals surface area contributed by atoms with Crippen LogP contribution in [0.5, 0.6) is 0 Å². The molecule has 9 rings (SSSR count). The van der Waals surface area contributed by atoms with Crippen molar-refractivity contribution in [3.63, 3.8) is 0 Å². The summed E-state index contributed by atoms with van der Waals surface area (Å²) in [7, 11) is 0. The van der Waals surface area contributed by atoms with Crippen LogP contribution in [0.25, 0.3) is 88.1 Å². The third-order valence-electron chi connectivity index (χ3n) is 8.90. The first-order valence-electron chi connectivity index (χ1n) is 15.5. The number of aromatic nitrogens is 3. The number of rotatable bonds is 4. The second-order valence-electron chi connectivity index (χ2n) is 11.8. The van der Waals surface area contributed by atoms with Crippen molar-refractivity contribution in [3.8, 4) is 44.8 Å². The van der Waals surface area contributed by atoms with Gasteiger partial charge in [-0.25, -0.2) is 4.98 Å². The Labute approximate surface area is 266 Å². The Morgan fingerprint density at radius 2 is 0.913 bits per heavy atom. The largest absolute Gasteiger partial charge is 0.256 e. The van der Waals surface area contributed by atoms with Gasteiger partial charge in [0.25, 0.3) is 0 Å². The normalized spacial score (nSPS) is 11.5. The Morgan fingerprint density at radius 1 is 0.326 bits per heavy atom. The van der Waals surface area contributed by atoms with Crippen LogP contribution in [0.4, 0.5) is 0 Å². The van der Waals surface area contributed by atoms with Gasteiger partial charge in [0.05, 0.1) is 22.4 Å². The molecule has 3 heteroatoms. The van der Waals surface area contributed by atoms with Crippen molar-refractivity contribution < 1.29 is 0 Å². The fourth-order valence-corrected chi connectivity index (χ4v) is 6.44. The van der Waals surface area contributed by atoms with Crippen LogP contribution in [0, 0.1) is 0 Å². The summed E-state index contributed by atoms with van der Waals surface area (Å²) in [6.07, 6.45) is 3.88. The first-order chi connectivity index (χ1) is 22.7. The lowest BCUT2D eigenvalue weighted by molar-refractivity contribution is 1.30. The molecule has 214 valence electrons. The van der Waals surface area contributed by atoms with Crippen molar-refractivity contribution in [2.45, 2.75) is 0 Å². The highest BCUT2D eigenvalue weighted by Crippen LogP contribution is 2.36. The zero-order valence-corrected chi connectivity index (χ0v) is 24.9.